The van der Waals surface area contributed by atoms with E-state index < -0.39 is 0 Å². The van der Waals surface area contributed by atoms with Crippen LogP contribution in [-0.4, -0.2) is 30.6 Å². The molecule has 0 bridgehead atoms. The first-order valence-corrected chi connectivity index (χ1v) is 4.64. The van der Waals surface area contributed by atoms with Crippen molar-refractivity contribution in [3.8, 4) is 0 Å². The Labute approximate surface area is 79.8 Å². The molecular weight excluding hydrogens is 164 g/mol. The maximum atomic E-state index is 11.4. The molecular formula is C10H18N2O. The summed E-state index contributed by atoms with van der Waals surface area (Å²) >= 11 is 0. The van der Waals surface area contributed by atoms with Gasteiger partial charge in [-0.3, -0.25) is 4.79 Å². The first-order chi connectivity index (χ1) is 5.89. The summed E-state index contributed by atoms with van der Waals surface area (Å²) in [5.41, 5.74) is 1.12. The van der Waals surface area contributed by atoms with Crippen molar-refractivity contribution in [2.24, 2.45) is 10.5 Å². The predicted molar refractivity (Wildman–Crippen MR) is 53.8 cm³/mol. The molecule has 3 nitrogen and oxygen atoms in total. The van der Waals surface area contributed by atoms with Gasteiger partial charge in [0.2, 0.25) is 0 Å². The summed E-state index contributed by atoms with van der Waals surface area (Å²) in [6.07, 6.45) is 2.18. The Morgan fingerprint density at radius 1 is 1.31 bits per heavy atom. The lowest BCUT2D eigenvalue weighted by molar-refractivity contribution is -0.120. The van der Waals surface area contributed by atoms with Crippen molar-refractivity contribution >= 4 is 11.5 Å². The van der Waals surface area contributed by atoms with E-state index in [0.29, 0.717) is 18.6 Å². The Morgan fingerprint density at radius 3 is 2.38 bits per heavy atom. The molecule has 1 aliphatic rings. The van der Waals surface area contributed by atoms with Crippen LogP contribution in [0.25, 0.3) is 0 Å². The molecule has 1 saturated carbocycles. The van der Waals surface area contributed by atoms with E-state index in [1.54, 1.807) is 5.01 Å². The van der Waals surface area contributed by atoms with Crippen LogP contribution >= 0.6 is 0 Å². The van der Waals surface area contributed by atoms with Crippen molar-refractivity contribution in [1.29, 1.82) is 0 Å². The number of ketones is 1. The van der Waals surface area contributed by atoms with Gasteiger partial charge in [-0.1, -0.05) is 13.8 Å². The van der Waals surface area contributed by atoms with Crippen LogP contribution in [0.5, 0.6) is 0 Å². The molecule has 0 aromatic carbocycles. The zero-order valence-corrected chi connectivity index (χ0v) is 8.92. The van der Waals surface area contributed by atoms with Crippen LogP contribution in [-0.2, 0) is 4.79 Å². The molecule has 74 valence electrons. The van der Waals surface area contributed by atoms with Crippen LogP contribution in [0, 0.1) is 5.41 Å². The molecule has 1 aliphatic carbocycles. The maximum Gasteiger partial charge on any atom is 0.139 e. The summed E-state index contributed by atoms with van der Waals surface area (Å²) in [5, 5.41) is 6.08. The predicted octanol–water partition coefficient (Wildman–Crippen LogP) is 1.68. The van der Waals surface area contributed by atoms with Gasteiger partial charge < -0.3 is 5.01 Å². The van der Waals surface area contributed by atoms with Crippen molar-refractivity contribution < 1.29 is 4.79 Å². The molecule has 0 atom stereocenters. The summed E-state index contributed by atoms with van der Waals surface area (Å²) < 4.78 is 0. The lowest BCUT2D eigenvalue weighted by Crippen LogP contribution is -2.30. The zero-order chi connectivity index (χ0) is 10.1. The van der Waals surface area contributed by atoms with Gasteiger partial charge in [0, 0.05) is 32.6 Å². The fourth-order valence-corrected chi connectivity index (χ4v) is 1.85. The molecule has 0 spiro atoms. The lowest BCUT2D eigenvalue weighted by atomic mass is 9.76. The molecule has 0 amide bonds. The first kappa shape index (κ1) is 10.2. The Hall–Kier alpha value is -0.860. The van der Waals surface area contributed by atoms with Gasteiger partial charge in [0.05, 0.1) is 0 Å². The fraction of sp³-hybridized carbons (Fsp3) is 0.800. The second kappa shape index (κ2) is 3.48. The van der Waals surface area contributed by atoms with Crippen molar-refractivity contribution in [2.45, 2.75) is 33.1 Å². The number of rotatable bonds is 1. The minimum Gasteiger partial charge on any atom is -0.303 e. The third kappa shape index (κ3) is 3.17. The van der Waals surface area contributed by atoms with Crippen LogP contribution in [0.3, 0.4) is 0 Å². The molecule has 0 radical (unpaired) electrons. The third-order valence-electron chi connectivity index (χ3n) is 2.10. The number of hydrogen-bond acceptors (Lipinski definition) is 3. The Balaban J connectivity index is 2.74. The molecule has 0 N–H and O–H groups in total. The van der Waals surface area contributed by atoms with Gasteiger partial charge in [-0.15, -0.1) is 0 Å². The van der Waals surface area contributed by atoms with Crippen LogP contribution in [0.4, 0.5) is 0 Å². The van der Waals surface area contributed by atoms with E-state index in [9.17, 15) is 4.79 Å². The molecule has 1 rings (SSSR count). The van der Waals surface area contributed by atoms with E-state index in [-0.39, 0.29) is 5.41 Å². The SMILES string of the molecule is CN(C)/N=C1/CC(=O)CC(C)(C)C1. The van der Waals surface area contributed by atoms with Gasteiger partial charge in [0.1, 0.15) is 5.78 Å². The Morgan fingerprint density at radius 2 is 1.92 bits per heavy atom. The second-order valence-corrected chi connectivity index (χ2v) is 4.75. The molecule has 0 aromatic rings. The fourth-order valence-electron chi connectivity index (χ4n) is 1.85. The average molecular weight is 182 g/mol. The average Bonchev–Trinajstić information content (AvgIpc) is 1.78. The van der Waals surface area contributed by atoms with Gasteiger partial charge in [-0.25, -0.2) is 0 Å². The van der Waals surface area contributed by atoms with E-state index >= 15 is 0 Å². The number of carbonyl (C=O) groups is 1. The summed E-state index contributed by atoms with van der Waals surface area (Å²) in [5.74, 6) is 0.317. The minimum atomic E-state index is 0.101. The minimum absolute atomic E-state index is 0.101. The van der Waals surface area contributed by atoms with Gasteiger partial charge in [0.15, 0.2) is 0 Å². The Kier molecular flexibility index (Phi) is 2.74. The summed E-state index contributed by atoms with van der Waals surface area (Å²) in [4.78, 5) is 11.4. The summed E-state index contributed by atoms with van der Waals surface area (Å²) in [6, 6.07) is 0. The topological polar surface area (TPSA) is 32.7 Å². The van der Waals surface area contributed by atoms with Gasteiger partial charge in [-0.2, -0.15) is 5.10 Å². The molecule has 3 heteroatoms. The summed E-state index contributed by atoms with van der Waals surface area (Å²) in [6.45, 7) is 4.24. The number of Topliss-reactive ketones (excluding diaryl/α,β-unsaturated/α-hetero) is 1. The van der Waals surface area contributed by atoms with E-state index in [0.717, 1.165) is 12.1 Å². The molecule has 13 heavy (non-hydrogen) atoms. The highest BCUT2D eigenvalue weighted by Gasteiger charge is 2.30. The lowest BCUT2D eigenvalue weighted by Gasteiger charge is -2.29. The molecule has 0 aromatic heterocycles. The quantitative estimate of drug-likeness (QED) is 0.578. The van der Waals surface area contributed by atoms with Crippen molar-refractivity contribution in [2.75, 3.05) is 14.1 Å². The van der Waals surface area contributed by atoms with Crippen molar-refractivity contribution in [3.63, 3.8) is 0 Å². The maximum absolute atomic E-state index is 11.4. The van der Waals surface area contributed by atoms with Gasteiger partial charge in [-0.05, 0) is 11.8 Å². The zero-order valence-electron chi connectivity index (χ0n) is 8.92. The molecule has 0 unspecified atom stereocenters. The number of carbonyl (C=O) groups excluding carboxylic acids is 1. The monoisotopic (exact) mass is 182 g/mol. The van der Waals surface area contributed by atoms with Crippen molar-refractivity contribution in [1.82, 2.24) is 5.01 Å². The third-order valence-corrected chi connectivity index (χ3v) is 2.10. The van der Waals surface area contributed by atoms with E-state index in [1.165, 1.54) is 0 Å². The highest BCUT2D eigenvalue weighted by atomic mass is 16.1. The van der Waals surface area contributed by atoms with E-state index in [2.05, 4.69) is 18.9 Å². The number of hydrazone groups is 1. The van der Waals surface area contributed by atoms with E-state index in [1.807, 2.05) is 14.1 Å². The first-order valence-electron chi connectivity index (χ1n) is 4.64. The van der Waals surface area contributed by atoms with Crippen LogP contribution in [0.1, 0.15) is 33.1 Å². The van der Waals surface area contributed by atoms with Gasteiger partial charge in [0.25, 0.3) is 0 Å². The van der Waals surface area contributed by atoms with Crippen molar-refractivity contribution in [3.05, 3.63) is 0 Å². The standard InChI is InChI=1S/C10H18N2O/c1-10(2)6-8(11-12(3)4)5-9(13)7-10/h5-7H2,1-4H3/b11-8-. The van der Waals surface area contributed by atoms with Crippen LogP contribution in [0.2, 0.25) is 0 Å². The highest BCUT2D eigenvalue weighted by molar-refractivity contribution is 6.04. The summed E-state index contributed by atoms with van der Waals surface area (Å²) in [7, 11) is 3.78. The molecule has 0 heterocycles. The van der Waals surface area contributed by atoms with Crippen LogP contribution in [0.15, 0.2) is 5.10 Å². The number of hydrogen-bond donors (Lipinski definition) is 0. The largest absolute Gasteiger partial charge is 0.303 e. The van der Waals surface area contributed by atoms with E-state index in [4.69, 9.17) is 0 Å². The molecule has 1 fully saturated rings. The normalized spacial score (nSPS) is 24.9. The highest BCUT2D eigenvalue weighted by Crippen LogP contribution is 2.31. The Bertz CT molecular complexity index is 241. The number of nitrogens with zero attached hydrogens (tertiary/aromatic N) is 2. The van der Waals surface area contributed by atoms with Crippen LogP contribution < -0.4 is 0 Å². The second-order valence-electron chi connectivity index (χ2n) is 4.75. The molecule has 0 aliphatic heterocycles. The molecule has 0 saturated heterocycles. The smallest absolute Gasteiger partial charge is 0.139 e. The van der Waals surface area contributed by atoms with Gasteiger partial charge >= 0.3 is 0 Å².